The van der Waals surface area contributed by atoms with Crippen LogP contribution in [0, 0.1) is 12.8 Å². The summed E-state index contributed by atoms with van der Waals surface area (Å²) in [5.41, 5.74) is 2.53. The van der Waals surface area contributed by atoms with Gasteiger partial charge in [-0.25, -0.2) is 0 Å². The third-order valence-corrected chi connectivity index (χ3v) is 4.50. The van der Waals surface area contributed by atoms with Crippen LogP contribution in [0.15, 0.2) is 30.0 Å². The molecule has 0 aliphatic heterocycles. The number of Topliss-reactive ketones (excluding diaryl/α,β-unsaturated/α-hetero) is 1. The van der Waals surface area contributed by atoms with Gasteiger partial charge >= 0.3 is 0 Å². The molecule has 0 aromatic heterocycles. The molecule has 3 rings (SSSR count). The van der Waals surface area contributed by atoms with Crippen LogP contribution in [0.25, 0.3) is 0 Å². The van der Waals surface area contributed by atoms with Gasteiger partial charge in [-0.2, -0.15) is 0 Å². The van der Waals surface area contributed by atoms with E-state index < -0.39 is 0 Å². The standard InChI is InChI=1S/C18H21NO2/c1-11-4-3-5-13(8-11)19-16-10-17(20)14-7-6-12(2)9-15(14)18(16)21/h6-7,9-11,13,19H,3-5,8H2,1-2H3. The number of ketones is 2. The highest BCUT2D eigenvalue weighted by Gasteiger charge is 2.28. The number of nitrogens with one attached hydrogen (secondary N) is 1. The van der Waals surface area contributed by atoms with Gasteiger partial charge in [-0.3, -0.25) is 9.59 Å². The van der Waals surface area contributed by atoms with Gasteiger partial charge in [-0.05, 0) is 31.7 Å². The Morgan fingerprint density at radius 3 is 2.71 bits per heavy atom. The maximum atomic E-state index is 12.6. The number of benzene rings is 1. The summed E-state index contributed by atoms with van der Waals surface area (Å²) in [5, 5.41) is 3.32. The average Bonchev–Trinajstić information content (AvgIpc) is 2.44. The van der Waals surface area contributed by atoms with E-state index in [0.29, 0.717) is 28.8 Å². The third kappa shape index (κ3) is 2.78. The van der Waals surface area contributed by atoms with Crippen LogP contribution in [0.4, 0.5) is 0 Å². The van der Waals surface area contributed by atoms with Gasteiger partial charge < -0.3 is 5.32 Å². The molecule has 2 aliphatic rings. The number of fused-ring (bicyclic) bond motifs is 1. The van der Waals surface area contributed by atoms with E-state index in [4.69, 9.17) is 0 Å². The summed E-state index contributed by atoms with van der Waals surface area (Å²) in [5.74, 6) is 0.559. The fourth-order valence-electron chi connectivity index (χ4n) is 3.37. The van der Waals surface area contributed by atoms with Crippen molar-refractivity contribution in [1.29, 1.82) is 0 Å². The SMILES string of the molecule is Cc1ccc2c(c1)C(=O)C(NC1CCCC(C)C1)=CC2=O. The first kappa shape index (κ1) is 14.1. The van der Waals surface area contributed by atoms with Crippen molar-refractivity contribution in [2.45, 2.75) is 45.6 Å². The number of hydrogen-bond donors (Lipinski definition) is 1. The van der Waals surface area contributed by atoms with Crippen LogP contribution in [0.3, 0.4) is 0 Å². The molecular formula is C18H21NO2. The highest BCUT2D eigenvalue weighted by Crippen LogP contribution is 2.26. The minimum atomic E-state index is -0.0732. The molecule has 0 spiro atoms. The second-order valence-corrected chi connectivity index (χ2v) is 6.41. The van der Waals surface area contributed by atoms with Crippen LogP contribution in [-0.2, 0) is 0 Å². The Balaban J connectivity index is 1.84. The lowest BCUT2D eigenvalue weighted by atomic mass is 9.86. The molecule has 3 nitrogen and oxygen atoms in total. The number of allylic oxidation sites excluding steroid dienone is 2. The van der Waals surface area contributed by atoms with Crippen LogP contribution in [0.5, 0.6) is 0 Å². The summed E-state index contributed by atoms with van der Waals surface area (Å²) in [6.07, 6.45) is 6.05. The lowest BCUT2D eigenvalue weighted by Crippen LogP contribution is -2.37. The van der Waals surface area contributed by atoms with Gasteiger partial charge in [0.25, 0.3) is 0 Å². The number of aryl methyl sites for hydroxylation is 1. The Hall–Kier alpha value is -1.90. The van der Waals surface area contributed by atoms with Gasteiger partial charge in [0, 0.05) is 23.2 Å². The van der Waals surface area contributed by atoms with Gasteiger partial charge in [0.1, 0.15) is 0 Å². The summed E-state index contributed by atoms with van der Waals surface area (Å²) in [4.78, 5) is 24.8. The molecule has 1 fully saturated rings. The predicted molar refractivity (Wildman–Crippen MR) is 82.5 cm³/mol. The van der Waals surface area contributed by atoms with Crippen molar-refractivity contribution in [3.63, 3.8) is 0 Å². The fraction of sp³-hybridized carbons (Fsp3) is 0.444. The summed E-state index contributed by atoms with van der Waals surface area (Å²) in [7, 11) is 0. The number of carbonyl (C=O) groups is 2. The first-order valence-corrected chi connectivity index (χ1v) is 7.72. The Labute approximate surface area is 125 Å². The minimum Gasteiger partial charge on any atom is -0.379 e. The lowest BCUT2D eigenvalue weighted by molar-refractivity contribution is 0.0974. The minimum absolute atomic E-state index is 0.0495. The van der Waals surface area contributed by atoms with E-state index in [2.05, 4.69) is 12.2 Å². The molecule has 1 saturated carbocycles. The average molecular weight is 283 g/mol. The molecule has 3 heteroatoms. The number of carbonyl (C=O) groups excluding carboxylic acids is 2. The number of rotatable bonds is 2. The largest absolute Gasteiger partial charge is 0.379 e. The van der Waals surface area contributed by atoms with Crippen LogP contribution >= 0.6 is 0 Å². The van der Waals surface area contributed by atoms with E-state index in [1.807, 2.05) is 19.1 Å². The topological polar surface area (TPSA) is 46.2 Å². The Morgan fingerprint density at radius 2 is 1.95 bits per heavy atom. The maximum Gasteiger partial charge on any atom is 0.209 e. The molecule has 2 atom stereocenters. The van der Waals surface area contributed by atoms with Gasteiger partial charge in [0.05, 0.1) is 5.70 Å². The first-order valence-electron chi connectivity index (χ1n) is 7.72. The van der Waals surface area contributed by atoms with Gasteiger partial charge in [-0.1, -0.05) is 37.5 Å². The molecule has 1 N–H and O–H groups in total. The van der Waals surface area contributed by atoms with Crippen molar-refractivity contribution in [2.75, 3.05) is 0 Å². The lowest BCUT2D eigenvalue weighted by Gasteiger charge is -2.29. The molecule has 1 aromatic carbocycles. The van der Waals surface area contributed by atoms with Crippen molar-refractivity contribution in [1.82, 2.24) is 5.32 Å². The van der Waals surface area contributed by atoms with Crippen molar-refractivity contribution < 1.29 is 9.59 Å². The molecule has 0 amide bonds. The number of hydrogen-bond acceptors (Lipinski definition) is 3. The fourth-order valence-corrected chi connectivity index (χ4v) is 3.37. The summed E-state index contributed by atoms with van der Waals surface area (Å²) >= 11 is 0. The van der Waals surface area contributed by atoms with E-state index in [1.165, 1.54) is 18.9 Å². The molecule has 0 heterocycles. The normalized spacial score (nSPS) is 25.3. The van der Waals surface area contributed by atoms with Crippen molar-refractivity contribution in [3.8, 4) is 0 Å². The molecule has 0 saturated heterocycles. The van der Waals surface area contributed by atoms with E-state index >= 15 is 0 Å². The van der Waals surface area contributed by atoms with Crippen molar-refractivity contribution in [2.24, 2.45) is 5.92 Å². The molecule has 0 bridgehead atoms. The highest BCUT2D eigenvalue weighted by atomic mass is 16.1. The van der Waals surface area contributed by atoms with E-state index in [0.717, 1.165) is 18.4 Å². The van der Waals surface area contributed by atoms with Gasteiger partial charge in [0.2, 0.25) is 5.78 Å². The van der Waals surface area contributed by atoms with E-state index in [9.17, 15) is 9.59 Å². The molecular weight excluding hydrogens is 262 g/mol. The molecule has 0 radical (unpaired) electrons. The van der Waals surface area contributed by atoms with Crippen molar-refractivity contribution >= 4 is 11.6 Å². The molecule has 21 heavy (non-hydrogen) atoms. The second-order valence-electron chi connectivity index (χ2n) is 6.41. The smallest absolute Gasteiger partial charge is 0.209 e. The van der Waals surface area contributed by atoms with Crippen molar-refractivity contribution in [3.05, 3.63) is 46.7 Å². The maximum absolute atomic E-state index is 12.6. The Bertz CT molecular complexity index is 630. The Morgan fingerprint density at radius 1 is 1.14 bits per heavy atom. The van der Waals surface area contributed by atoms with Crippen LogP contribution in [0.1, 0.15) is 58.9 Å². The zero-order chi connectivity index (χ0) is 15.0. The molecule has 2 aliphatic carbocycles. The summed E-state index contributed by atoms with van der Waals surface area (Å²) in [6, 6.07) is 5.75. The molecule has 110 valence electrons. The van der Waals surface area contributed by atoms with E-state index in [-0.39, 0.29) is 11.6 Å². The van der Waals surface area contributed by atoms with Gasteiger partial charge in [0.15, 0.2) is 5.78 Å². The monoisotopic (exact) mass is 283 g/mol. The predicted octanol–water partition coefficient (Wildman–Crippen LogP) is 3.43. The zero-order valence-electron chi connectivity index (χ0n) is 12.6. The third-order valence-electron chi connectivity index (χ3n) is 4.50. The molecule has 1 aromatic rings. The summed E-state index contributed by atoms with van der Waals surface area (Å²) < 4.78 is 0. The zero-order valence-corrected chi connectivity index (χ0v) is 12.6. The highest BCUT2D eigenvalue weighted by molar-refractivity contribution is 6.24. The second kappa shape index (κ2) is 5.47. The summed E-state index contributed by atoms with van der Waals surface area (Å²) in [6.45, 7) is 4.18. The van der Waals surface area contributed by atoms with Gasteiger partial charge in [-0.15, -0.1) is 0 Å². The first-order chi connectivity index (χ1) is 10.0. The van der Waals surface area contributed by atoms with E-state index in [1.54, 1.807) is 6.07 Å². The van der Waals surface area contributed by atoms with Crippen LogP contribution < -0.4 is 5.32 Å². The van der Waals surface area contributed by atoms with Crippen LogP contribution in [-0.4, -0.2) is 17.6 Å². The van der Waals surface area contributed by atoms with Crippen LogP contribution in [0.2, 0.25) is 0 Å². The molecule has 2 unspecified atom stereocenters. The Kier molecular flexibility index (Phi) is 3.66. The quantitative estimate of drug-likeness (QED) is 0.904.